The fourth-order valence-electron chi connectivity index (χ4n) is 5.15. The van der Waals surface area contributed by atoms with Gasteiger partial charge in [0.1, 0.15) is 5.82 Å². The standard InChI is InChI=1S/C25H32N4O2/c1-17(29-13-25(14-29)15-31-16-25)18-7-9-19(10-8-18)20-11-22(23(26)27-12-20)24(30)28-21-5-3-2-4-6-21/h7-12,17,21H,2-6,13-16H2,1H3,(H2,26,27)(H,28,30). The molecular formula is C25H32N4O2. The second-order valence-corrected chi connectivity index (χ2v) is 9.66. The topological polar surface area (TPSA) is 80.5 Å². The number of nitrogen functional groups attached to an aromatic ring is 1. The van der Waals surface area contributed by atoms with Gasteiger partial charge in [-0.1, -0.05) is 43.5 Å². The Kier molecular flexibility index (Phi) is 5.44. The molecule has 2 aliphatic heterocycles. The highest BCUT2D eigenvalue weighted by atomic mass is 16.5. The maximum atomic E-state index is 12.8. The highest BCUT2D eigenvalue weighted by Crippen LogP contribution is 2.42. The zero-order chi connectivity index (χ0) is 21.4. The minimum absolute atomic E-state index is 0.115. The Bertz CT molecular complexity index is 940. The van der Waals surface area contributed by atoms with Crippen LogP contribution in [0.5, 0.6) is 0 Å². The Balaban J connectivity index is 1.27. The smallest absolute Gasteiger partial charge is 0.255 e. The van der Waals surface area contributed by atoms with E-state index >= 15 is 0 Å². The minimum Gasteiger partial charge on any atom is -0.383 e. The molecule has 3 fully saturated rings. The third-order valence-electron chi connectivity index (χ3n) is 7.27. The van der Waals surface area contributed by atoms with E-state index in [1.165, 1.54) is 24.8 Å². The summed E-state index contributed by atoms with van der Waals surface area (Å²) in [7, 11) is 0. The van der Waals surface area contributed by atoms with E-state index in [0.717, 1.165) is 50.3 Å². The number of aromatic nitrogens is 1. The maximum Gasteiger partial charge on any atom is 0.255 e. The number of carbonyl (C=O) groups excluding carboxylic acids is 1. The monoisotopic (exact) mass is 420 g/mol. The van der Waals surface area contributed by atoms with Gasteiger partial charge >= 0.3 is 0 Å². The number of nitrogens with zero attached hydrogens (tertiary/aromatic N) is 2. The van der Waals surface area contributed by atoms with E-state index in [2.05, 4.69) is 46.4 Å². The second-order valence-electron chi connectivity index (χ2n) is 9.66. The highest BCUT2D eigenvalue weighted by molar-refractivity contribution is 5.99. The van der Waals surface area contributed by atoms with Crippen molar-refractivity contribution in [3.8, 4) is 11.1 Å². The summed E-state index contributed by atoms with van der Waals surface area (Å²) in [6, 6.07) is 11.1. The van der Waals surface area contributed by atoms with Crippen molar-refractivity contribution in [3.05, 3.63) is 47.7 Å². The van der Waals surface area contributed by atoms with Crippen LogP contribution in [0, 0.1) is 5.41 Å². The fourth-order valence-corrected chi connectivity index (χ4v) is 5.15. The number of amides is 1. The number of nitrogens with one attached hydrogen (secondary N) is 1. The summed E-state index contributed by atoms with van der Waals surface area (Å²) in [4.78, 5) is 19.6. The molecule has 6 nitrogen and oxygen atoms in total. The van der Waals surface area contributed by atoms with Crippen LogP contribution in [-0.2, 0) is 4.74 Å². The Hall–Kier alpha value is -2.44. The molecule has 2 aromatic rings. The van der Waals surface area contributed by atoms with E-state index < -0.39 is 0 Å². The average molecular weight is 421 g/mol. The van der Waals surface area contributed by atoms with Gasteiger partial charge in [-0.05, 0) is 37.0 Å². The predicted octanol–water partition coefficient (Wildman–Crippen LogP) is 3.79. The largest absolute Gasteiger partial charge is 0.383 e. The van der Waals surface area contributed by atoms with Gasteiger partial charge < -0.3 is 15.8 Å². The lowest BCUT2D eigenvalue weighted by Gasteiger charge is -2.57. The lowest BCUT2D eigenvalue weighted by atomic mass is 9.76. The highest BCUT2D eigenvalue weighted by Gasteiger charge is 2.50. The summed E-state index contributed by atoms with van der Waals surface area (Å²) in [5.74, 6) is 0.171. The first kappa shape index (κ1) is 20.5. The summed E-state index contributed by atoms with van der Waals surface area (Å²) in [6.45, 7) is 6.33. The summed E-state index contributed by atoms with van der Waals surface area (Å²) in [5, 5.41) is 3.15. The zero-order valence-electron chi connectivity index (χ0n) is 18.3. The molecule has 1 amide bonds. The number of hydrogen-bond donors (Lipinski definition) is 2. The van der Waals surface area contributed by atoms with Crippen molar-refractivity contribution in [1.82, 2.24) is 15.2 Å². The first-order valence-corrected chi connectivity index (χ1v) is 11.5. The molecule has 1 aliphatic carbocycles. The SMILES string of the molecule is CC(c1ccc(-c2cnc(N)c(C(=O)NC3CCCCC3)c2)cc1)N1CC2(COC2)C1. The summed E-state index contributed by atoms with van der Waals surface area (Å²) in [5.41, 5.74) is 10.2. The lowest BCUT2D eigenvalue weighted by molar-refractivity contribution is -0.197. The van der Waals surface area contributed by atoms with Gasteiger partial charge in [-0.25, -0.2) is 4.98 Å². The molecule has 3 aliphatic rings. The fraction of sp³-hybridized carbons (Fsp3) is 0.520. The molecular weight excluding hydrogens is 388 g/mol. The van der Waals surface area contributed by atoms with Crippen molar-refractivity contribution in [3.63, 3.8) is 0 Å². The molecule has 1 saturated carbocycles. The summed E-state index contributed by atoms with van der Waals surface area (Å²) in [6.07, 6.45) is 7.45. The zero-order valence-corrected chi connectivity index (χ0v) is 18.3. The third-order valence-corrected chi connectivity index (χ3v) is 7.27. The molecule has 164 valence electrons. The van der Waals surface area contributed by atoms with Crippen LogP contribution >= 0.6 is 0 Å². The van der Waals surface area contributed by atoms with Crippen LogP contribution in [0.3, 0.4) is 0 Å². The predicted molar refractivity (Wildman–Crippen MR) is 122 cm³/mol. The number of carbonyl (C=O) groups is 1. The van der Waals surface area contributed by atoms with Gasteiger partial charge in [0.2, 0.25) is 0 Å². The van der Waals surface area contributed by atoms with Gasteiger partial charge in [0, 0.05) is 42.3 Å². The van der Waals surface area contributed by atoms with Gasteiger partial charge in [0.05, 0.1) is 18.8 Å². The molecule has 6 heteroatoms. The summed E-state index contributed by atoms with van der Waals surface area (Å²) < 4.78 is 5.39. The van der Waals surface area contributed by atoms with Gasteiger partial charge in [-0.3, -0.25) is 9.69 Å². The molecule has 31 heavy (non-hydrogen) atoms. The number of ether oxygens (including phenoxy) is 1. The van der Waals surface area contributed by atoms with Gasteiger partial charge in [-0.15, -0.1) is 0 Å². The van der Waals surface area contributed by atoms with Crippen molar-refractivity contribution in [1.29, 1.82) is 0 Å². The molecule has 1 atom stereocenters. The lowest BCUT2D eigenvalue weighted by Crippen LogP contribution is -2.66. The number of anilines is 1. The van der Waals surface area contributed by atoms with E-state index in [1.54, 1.807) is 6.20 Å². The van der Waals surface area contributed by atoms with Gasteiger partial charge in [0.25, 0.3) is 5.91 Å². The quantitative estimate of drug-likeness (QED) is 0.769. The summed E-state index contributed by atoms with van der Waals surface area (Å²) >= 11 is 0. The molecule has 2 saturated heterocycles. The van der Waals surface area contributed by atoms with E-state index in [1.807, 2.05) is 6.07 Å². The van der Waals surface area contributed by atoms with Crippen LogP contribution in [0.4, 0.5) is 5.82 Å². The number of pyridine rings is 1. The Morgan fingerprint density at radius 3 is 2.52 bits per heavy atom. The number of likely N-dealkylation sites (tertiary alicyclic amines) is 1. The number of nitrogens with two attached hydrogens (primary N) is 1. The van der Waals surface area contributed by atoms with E-state index in [-0.39, 0.29) is 17.8 Å². The van der Waals surface area contributed by atoms with Gasteiger partial charge in [0.15, 0.2) is 0 Å². The van der Waals surface area contributed by atoms with Crippen LogP contribution in [0.15, 0.2) is 36.5 Å². The molecule has 3 heterocycles. The Morgan fingerprint density at radius 1 is 1.16 bits per heavy atom. The van der Waals surface area contributed by atoms with E-state index in [9.17, 15) is 4.79 Å². The van der Waals surface area contributed by atoms with Crippen molar-refractivity contribution < 1.29 is 9.53 Å². The number of rotatable bonds is 5. The van der Waals surface area contributed by atoms with Gasteiger partial charge in [-0.2, -0.15) is 0 Å². The number of hydrogen-bond acceptors (Lipinski definition) is 5. The normalized spacial score (nSPS) is 21.8. The first-order chi connectivity index (χ1) is 15.0. The minimum atomic E-state index is -0.115. The molecule has 0 radical (unpaired) electrons. The van der Waals surface area contributed by atoms with Crippen LogP contribution in [0.2, 0.25) is 0 Å². The van der Waals surface area contributed by atoms with Crippen molar-refractivity contribution in [2.45, 2.75) is 51.1 Å². The second kappa shape index (κ2) is 8.24. The van der Waals surface area contributed by atoms with Crippen LogP contribution in [0.1, 0.15) is 61.0 Å². The third kappa shape index (κ3) is 4.06. The van der Waals surface area contributed by atoms with Crippen LogP contribution < -0.4 is 11.1 Å². The molecule has 5 rings (SSSR count). The maximum absolute atomic E-state index is 12.8. The Labute approximate surface area is 184 Å². The number of benzene rings is 1. The first-order valence-electron chi connectivity index (χ1n) is 11.5. The molecule has 1 aromatic carbocycles. The Morgan fingerprint density at radius 2 is 1.87 bits per heavy atom. The van der Waals surface area contributed by atoms with Crippen LogP contribution in [-0.4, -0.2) is 48.1 Å². The van der Waals surface area contributed by atoms with Crippen molar-refractivity contribution in [2.75, 3.05) is 32.0 Å². The molecule has 1 unspecified atom stereocenters. The average Bonchev–Trinajstić information content (AvgIpc) is 2.73. The molecule has 0 bridgehead atoms. The van der Waals surface area contributed by atoms with E-state index in [0.29, 0.717) is 17.0 Å². The van der Waals surface area contributed by atoms with Crippen molar-refractivity contribution >= 4 is 11.7 Å². The molecule has 1 spiro atoms. The van der Waals surface area contributed by atoms with Crippen molar-refractivity contribution in [2.24, 2.45) is 5.41 Å². The molecule has 1 aromatic heterocycles. The van der Waals surface area contributed by atoms with E-state index in [4.69, 9.17) is 10.5 Å². The van der Waals surface area contributed by atoms with Crippen LogP contribution in [0.25, 0.3) is 11.1 Å². The molecule has 3 N–H and O–H groups in total.